The van der Waals surface area contributed by atoms with Gasteiger partial charge in [0.05, 0.1) is 24.8 Å². The highest BCUT2D eigenvalue weighted by Gasteiger charge is 2.57. The molecule has 2 aromatic carbocycles. The summed E-state index contributed by atoms with van der Waals surface area (Å²) in [6.45, 7) is -0.876. The predicted octanol–water partition coefficient (Wildman–Crippen LogP) is 2.86. The van der Waals surface area contributed by atoms with Crippen LogP contribution in [0.15, 0.2) is 28.7 Å². The Morgan fingerprint density at radius 3 is 2.55 bits per heavy atom. The zero-order valence-electron chi connectivity index (χ0n) is 20.4. The second-order valence-electron chi connectivity index (χ2n) is 9.44. The van der Waals surface area contributed by atoms with Crippen LogP contribution in [0.4, 0.5) is 13.6 Å². The molecule has 0 bridgehead atoms. The average molecular weight is 525 g/mol. The Hall–Kier alpha value is -4.32. The molecule has 0 saturated carbocycles. The molecule has 0 unspecified atom stereocenters. The lowest BCUT2D eigenvalue weighted by Gasteiger charge is -2.29. The second kappa shape index (κ2) is 8.35. The quantitative estimate of drug-likeness (QED) is 0.492. The van der Waals surface area contributed by atoms with Gasteiger partial charge in [-0.3, -0.25) is 14.4 Å². The van der Waals surface area contributed by atoms with Crippen molar-refractivity contribution in [1.29, 1.82) is 0 Å². The maximum absolute atomic E-state index is 15.3. The number of nitrogens with zero attached hydrogens (tertiary/aromatic N) is 2. The molecule has 1 saturated heterocycles. The summed E-state index contributed by atoms with van der Waals surface area (Å²) in [6.07, 6.45) is 0.564. The van der Waals surface area contributed by atoms with Crippen molar-refractivity contribution in [3.63, 3.8) is 0 Å². The highest BCUT2D eigenvalue weighted by Crippen LogP contribution is 2.40. The van der Waals surface area contributed by atoms with E-state index in [0.717, 1.165) is 4.90 Å². The van der Waals surface area contributed by atoms with Gasteiger partial charge in [0.25, 0.3) is 11.8 Å². The van der Waals surface area contributed by atoms with Crippen LogP contribution >= 0.6 is 0 Å². The molecule has 0 spiro atoms. The lowest BCUT2D eigenvalue weighted by atomic mass is 9.94. The van der Waals surface area contributed by atoms with Gasteiger partial charge in [-0.2, -0.15) is 0 Å². The van der Waals surface area contributed by atoms with E-state index in [1.165, 1.54) is 31.3 Å². The zero-order chi connectivity index (χ0) is 26.9. The van der Waals surface area contributed by atoms with Gasteiger partial charge in [0.15, 0.2) is 34.3 Å². The summed E-state index contributed by atoms with van der Waals surface area (Å²) in [7, 11) is 2.57. The molecule has 196 valence electrons. The molecule has 10 nitrogen and oxygen atoms in total. The number of nitrogens with one attached hydrogen (secondary N) is 1. The van der Waals surface area contributed by atoms with Crippen LogP contribution in [0.5, 0.6) is 5.75 Å². The molecular formula is C26H21F2N3O7. The number of hydrogen-bond acceptors (Lipinski definition) is 7. The Morgan fingerprint density at radius 1 is 1.03 bits per heavy atom. The van der Waals surface area contributed by atoms with Gasteiger partial charge in [-0.1, -0.05) is 6.07 Å². The molecule has 1 N–H and O–H groups in total. The first kappa shape index (κ1) is 24.0. The molecule has 1 fully saturated rings. The summed E-state index contributed by atoms with van der Waals surface area (Å²) in [4.78, 5) is 54.0. The minimum absolute atomic E-state index is 0.0511. The van der Waals surface area contributed by atoms with Crippen LogP contribution in [0.3, 0.4) is 0 Å². The molecule has 0 radical (unpaired) electrons. The van der Waals surface area contributed by atoms with Crippen molar-refractivity contribution >= 4 is 34.6 Å². The number of carbonyl (C=O) groups excluding carboxylic acids is 4. The molecule has 38 heavy (non-hydrogen) atoms. The standard InChI is InChI=1S/C26H21F2N3O7/c1-36-11-31-24(34)26(29-25(31)35,10-30-9-13-4-6-16(37-2)20(27)19(13)23(30)33)17-8-14-7-12-3-5-15(32)18(12)21(28)22(14)38-17/h4,6-8H,3,5,9-11H2,1-2H3,(H,29,35)/t26-/m0/s1. The molecule has 6 rings (SSSR count). The van der Waals surface area contributed by atoms with Crippen molar-refractivity contribution in [2.75, 3.05) is 27.5 Å². The average Bonchev–Trinajstić information content (AvgIpc) is 3.62. The van der Waals surface area contributed by atoms with E-state index in [0.29, 0.717) is 22.9 Å². The molecule has 3 aliphatic rings. The van der Waals surface area contributed by atoms with Crippen LogP contribution < -0.4 is 10.1 Å². The summed E-state index contributed by atoms with van der Waals surface area (Å²) < 4.78 is 46.1. The van der Waals surface area contributed by atoms with Crippen LogP contribution in [0.1, 0.15) is 44.0 Å². The van der Waals surface area contributed by atoms with Crippen LogP contribution in [0, 0.1) is 11.6 Å². The lowest BCUT2D eigenvalue weighted by Crippen LogP contribution is -2.52. The molecule has 4 amide bonds. The summed E-state index contributed by atoms with van der Waals surface area (Å²) in [5.41, 5.74) is -1.56. The van der Waals surface area contributed by atoms with Crippen molar-refractivity contribution in [3.8, 4) is 5.75 Å². The van der Waals surface area contributed by atoms with Crippen molar-refractivity contribution in [1.82, 2.24) is 15.1 Å². The van der Waals surface area contributed by atoms with Gasteiger partial charge in [0, 0.05) is 25.5 Å². The van der Waals surface area contributed by atoms with Gasteiger partial charge >= 0.3 is 6.03 Å². The van der Waals surface area contributed by atoms with Crippen LogP contribution in [0.25, 0.3) is 11.0 Å². The smallest absolute Gasteiger partial charge is 0.327 e. The highest BCUT2D eigenvalue weighted by atomic mass is 19.1. The number of hydrogen-bond donors (Lipinski definition) is 1. The zero-order valence-corrected chi connectivity index (χ0v) is 20.4. The Morgan fingerprint density at radius 2 is 1.82 bits per heavy atom. The second-order valence-corrected chi connectivity index (χ2v) is 9.44. The van der Waals surface area contributed by atoms with Crippen molar-refractivity contribution in [2.45, 2.75) is 24.9 Å². The molecule has 1 atom stereocenters. The minimum atomic E-state index is -1.96. The van der Waals surface area contributed by atoms with Gasteiger partial charge < -0.3 is 24.1 Å². The van der Waals surface area contributed by atoms with Crippen molar-refractivity contribution in [3.05, 3.63) is 63.9 Å². The molecular weight excluding hydrogens is 504 g/mol. The number of carbonyl (C=O) groups is 4. The Bertz CT molecular complexity index is 1580. The number of amides is 4. The third-order valence-electron chi connectivity index (χ3n) is 7.29. The van der Waals surface area contributed by atoms with Crippen molar-refractivity contribution in [2.24, 2.45) is 0 Å². The maximum Gasteiger partial charge on any atom is 0.327 e. The first-order valence-electron chi connectivity index (χ1n) is 11.8. The number of methoxy groups -OCH3 is 2. The fourth-order valence-corrected chi connectivity index (χ4v) is 5.47. The van der Waals surface area contributed by atoms with Gasteiger partial charge in [-0.15, -0.1) is 0 Å². The molecule has 1 aromatic heterocycles. The summed E-state index contributed by atoms with van der Waals surface area (Å²) in [5, 5.41) is 2.88. The predicted molar refractivity (Wildman–Crippen MR) is 125 cm³/mol. The fraction of sp³-hybridized carbons (Fsp3) is 0.308. The van der Waals surface area contributed by atoms with Crippen LogP contribution in [-0.2, 0) is 28.0 Å². The van der Waals surface area contributed by atoms with E-state index < -0.39 is 41.6 Å². The van der Waals surface area contributed by atoms with E-state index in [-0.39, 0.29) is 53.7 Å². The normalized spacial score (nSPS) is 20.5. The number of ketones is 1. The number of rotatable bonds is 6. The van der Waals surface area contributed by atoms with E-state index in [9.17, 15) is 23.6 Å². The number of fused-ring (bicyclic) bond motifs is 3. The lowest BCUT2D eigenvalue weighted by molar-refractivity contribution is -0.135. The third kappa shape index (κ3) is 3.19. The van der Waals surface area contributed by atoms with Gasteiger partial charge in [-0.25, -0.2) is 18.5 Å². The number of urea groups is 1. The number of halogens is 2. The number of imide groups is 1. The Kier molecular flexibility index (Phi) is 5.28. The van der Waals surface area contributed by atoms with E-state index in [1.807, 2.05) is 0 Å². The van der Waals surface area contributed by atoms with Crippen molar-refractivity contribution < 1.29 is 41.8 Å². The largest absolute Gasteiger partial charge is 0.494 e. The molecule has 1 aliphatic carbocycles. The molecule has 3 heterocycles. The first-order valence-corrected chi connectivity index (χ1v) is 11.8. The van der Waals surface area contributed by atoms with E-state index in [1.54, 1.807) is 12.1 Å². The Balaban J connectivity index is 1.46. The monoisotopic (exact) mass is 525 g/mol. The van der Waals surface area contributed by atoms with Gasteiger partial charge in [0.1, 0.15) is 12.5 Å². The SMILES string of the molecule is COCN1C(=O)N[C@@](CN2Cc3ccc(OC)c(F)c3C2=O)(c2cc3cc4c(c(F)c3o2)C(=O)CC4)C1=O. The number of furan rings is 1. The summed E-state index contributed by atoms with van der Waals surface area (Å²) in [5.74, 6) is -3.78. The van der Waals surface area contributed by atoms with Gasteiger partial charge in [-0.05, 0) is 35.7 Å². The van der Waals surface area contributed by atoms with E-state index in [2.05, 4.69) is 5.32 Å². The third-order valence-corrected chi connectivity index (χ3v) is 7.29. The maximum atomic E-state index is 15.3. The first-order chi connectivity index (χ1) is 18.2. The number of benzene rings is 2. The molecule has 3 aromatic rings. The van der Waals surface area contributed by atoms with E-state index in [4.69, 9.17) is 13.9 Å². The van der Waals surface area contributed by atoms with E-state index >= 15 is 4.39 Å². The molecule has 12 heteroatoms. The summed E-state index contributed by atoms with van der Waals surface area (Å²) >= 11 is 0. The number of aryl methyl sites for hydroxylation is 1. The minimum Gasteiger partial charge on any atom is -0.494 e. The topological polar surface area (TPSA) is 118 Å². The number of Topliss-reactive ketones (excluding diaryl/α,β-unsaturated/α-hetero) is 1. The fourth-order valence-electron chi connectivity index (χ4n) is 5.47. The Labute approximate surface area is 214 Å². The highest BCUT2D eigenvalue weighted by molar-refractivity contribution is 6.09. The van der Waals surface area contributed by atoms with Gasteiger partial charge in [0.2, 0.25) is 0 Å². The molecule has 2 aliphatic heterocycles. The number of ether oxygens (including phenoxy) is 2. The summed E-state index contributed by atoms with van der Waals surface area (Å²) in [6, 6.07) is 5.15. The van der Waals surface area contributed by atoms with Crippen LogP contribution in [-0.4, -0.2) is 60.9 Å². The van der Waals surface area contributed by atoms with Crippen LogP contribution in [0.2, 0.25) is 0 Å².